The molecule has 1 N–H and O–H groups in total. The highest BCUT2D eigenvalue weighted by Gasteiger charge is 2.29. The normalized spacial score (nSPS) is 20.9. The van der Waals surface area contributed by atoms with Gasteiger partial charge in [0.05, 0.1) is 13.0 Å². The fourth-order valence-electron chi connectivity index (χ4n) is 3.59. The molecule has 2 saturated carbocycles. The molecule has 0 bridgehead atoms. The van der Waals surface area contributed by atoms with E-state index in [1.54, 1.807) is 0 Å². The maximum absolute atomic E-state index is 12.3. The number of amides is 1. The molecule has 0 unspecified atom stereocenters. The third-order valence-electron chi connectivity index (χ3n) is 5.11. The highest BCUT2D eigenvalue weighted by Crippen LogP contribution is 2.25. The topological polar surface area (TPSA) is 81.7 Å². The van der Waals surface area contributed by atoms with Crippen molar-refractivity contribution in [3.05, 3.63) is 0 Å². The first-order chi connectivity index (χ1) is 11.6. The molecule has 24 heavy (non-hydrogen) atoms. The van der Waals surface area contributed by atoms with Gasteiger partial charge in [-0.15, -0.1) is 0 Å². The summed E-state index contributed by atoms with van der Waals surface area (Å²) in [5.74, 6) is -1.11. The molecule has 0 aliphatic heterocycles. The lowest BCUT2D eigenvalue weighted by Crippen LogP contribution is -2.47. The second-order valence-corrected chi connectivity index (χ2v) is 6.88. The van der Waals surface area contributed by atoms with E-state index in [2.05, 4.69) is 5.32 Å². The number of methoxy groups -OCH3 is 1. The van der Waals surface area contributed by atoms with Gasteiger partial charge in [0.25, 0.3) is 0 Å². The van der Waals surface area contributed by atoms with Gasteiger partial charge in [-0.3, -0.25) is 9.59 Å². The second-order valence-electron chi connectivity index (χ2n) is 6.88. The van der Waals surface area contributed by atoms with Gasteiger partial charge in [-0.2, -0.15) is 0 Å². The van der Waals surface area contributed by atoms with Crippen LogP contribution in [0.4, 0.5) is 0 Å². The molecular formula is C18H29NO5. The van der Waals surface area contributed by atoms with Crippen LogP contribution in [-0.2, 0) is 23.9 Å². The van der Waals surface area contributed by atoms with Crippen molar-refractivity contribution in [1.82, 2.24) is 5.32 Å². The monoisotopic (exact) mass is 339 g/mol. The summed E-state index contributed by atoms with van der Waals surface area (Å²) in [7, 11) is 1.27. The summed E-state index contributed by atoms with van der Waals surface area (Å²) in [6.07, 6.45) is 9.86. The van der Waals surface area contributed by atoms with Gasteiger partial charge in [0, 0.05) is 5.92 Å². The van der Waals surface area contributed by atoms with E-state index in [0.29, 0.717) is 0 Å². The van der Waals surface area contributed by atoms with Gasteiger partial charge in [-0.05, 0) is 25.7 Å². The fraction of sp³-hybridized carbons (Fsp3) is 0.833. The third kappa shape index (κ3) is 5.49. The molecule has 0 spiro atoms. The molecule has 1 atom stereocenters. The smallest absolute Gasteiger partial charge is 0.331 e. The average Bonchev–Trinajstić information content (AvgIpc) is 2.65. The van der Waals surface area contributed by atoms with Crippen LogP contribution in [0.15, 0.2) is 0 Å². The first-order valence-electron chi connectivity index (χ1n) is 9.16. The molecule has 0 aromatic heterocycles. The predicted octanol–water partition coefficient (Wildman–Crippen LogP) is 2.35. The van der Waals surface area contributed by atoms with Crippen molar-refractivity contribution in [3.63, 3.8) is 0 Å². The van der Waals surface area contributed by atoms with Gasteiger partial charge >= 0.3 is 11.9 Å². The Hall–Kier alpha value is -1.59. The lowest BCUT2D eigenvalue weighted by Gasteiger charge is -2.25. The van der Waals surface area contributed by atoms with E-state index in [1.807, 2.05) is 0 Å². The summed E-state index contributed by atoms with van der Waals surface area (Å²) in [4.78, 5) is 36.3. The van der Waals surface area contributed by atoms with E-state index in [-0.39, 0.29) is 30.3 Å². The van der Waals surface area contributed by atoms with Crippen molar-refractivity contribution in [2.75, 3.05) is 13.7 Å². The van der Waals surface area contributed by atoms with Crippen LogP contribution >= 0.6 is 0 Å². The van der Waals surface area contributed by atoms with E-state index >= 15 is 0 Å². The summed E-state index contributed by atoms with van der Waals surface area (Å²) < 4.78 is 10.0. The Morgan fingerprint density at radius 1 is 0.917 bits per heavy atom. The number of esters is 2. The molecule has 0 saturated heterocycles. The summed E-state index contributed by atoms with van der Waals surface area (Å²) in [6, 6.07) is -0.919. The van der Waals surface area contributed by atoms with Crippen LogP contribution in [0.3, 0.4) is 0 Å². The van der Waals surface area contributed by atoms with Crippen molar-refractivity contribution < 1.29 is 23.9 Å². The van der Waals surface area contributed by atoms with Crippen molar-refractivity contribution in [1.29, 1.82) is 0 Å². The predicted molar refractivity (Wildman–Crippen MR) is 88.1 cm³/mol. The van der Waals surface area contributed by atoms with Crippen molar-refractivity contribution >= 4 is 17.8 Å². The minimum absolute atomic E-state index is 0.0556. The van der Waals surface area contributed by atoms with E-state index < -0.39 is 12.0 Å². The quantitative estimate of drug-likeness (QED) is 0.751. The number of carbonyl (C=O) groups is 3. The number of nitrogens with one attached hydrogen (secondary N) is 1. The standard InChI is InChI=1S/C18H29NO5/c1-23-18(22)15(19-16(20)13-8-4-2-5-9-13)12-24-17(21)14-10-6-3-7-11-14/h13-15H,2-12H2,1H3,(H,19,20)/t15-/m0/s1. The third-order valence-corrected chi connectivity index (χ3v) is 5.11. The minimum atomic E-state index is -0.919. The Labute approximate surface area is 143 Å². The fourth-order valence-corrected chi connectivity index (χ4v) is 3.59. The number of hydrogen-bond acceptors (Lipinski definition) is 5. The molecule has 2 aliphatic carbocycles. The van der Waals surface area contributed by atoms with Crippen LogP contribution in [0.2, 0.25) is 0 Å². The van der Waals surface area contributed by atoms with Crippen molar-refractivity contribution in [2.24, 2.45) is 11.8 Å². The first kappa shape index (κ1) is 18.7. The molecule has 0 aromatic carbocycles. The van der Waals surface area contributed by atoms with Crippen LogP contribution < -0.4 is 5.32 Å². The highest BCUT2D eigenvalue weighted by atomic mass is 16.5. The van der Waals surface area contributed by atoms with Gasteiger partial charge in [0.2, 0.25) is 5.91 Å². The van der Waals surface area contributed by atoms with Crippen molar-refractivity contribution in [2.45, 2.75) is 70.3 Å². The van der Waals surface area contributed by atoms with E-state index in [1.165, 1.54) is 7.11 Å². The zero-order chi connectivity index (χ0) is 17.4. The van der Waals surface area contributed by atoms with Crippen LogP contribution in [-0.4, -0.2) is 37.6 Å². The van der Waals surface area contributed by atoms with Gasteiger partial charge < -0.3 is 14.8 Å². The van der Waals surface area contributed by atoms with Gasteiger partial charge in [0.15, 0.2) is 6.04 Å². The molecular weight excluding hydrogens is 310 g/mol. The van der Waals surface area contributed by atoms with E-state index in [9.17, 15) is 14.4 Å². The van der Waals surface area contributed by atoms with Gasteiger partial charge in [-0.25, -0.2) is 4.79 Å². The molecule has 1 amide bonds. The summed E-state index contributed by atoms with van der Waals surface area (Å²) in [6.45, 7) is -0.152. The Morgan fingerprint density at radius 3 is 2.00 bits per heavy atom. The first-order valence-corrected chi connectivity index (χ1v) is 9.16. The molecule has 6 nitrogen and oxygen atoms in total. The second kappa shape index (κ2) is 9.64. The number of rotatable bonds is 6. The van der Waals surface area contributed by atoms with Crippen LogP contribution in [0.5, 0.6) is 0 Å². The molecule has 2 aliphatic rings. The molecule has 136 valence electrons. The minimum Gasteiger partial charge on any atom is -0.467 e. The van der Waals surface area contributed by atoms with Crippen molar-refractivity contribution in [3.8, 4) is 0 Å². The van der Waals surface area contributed by atoms with Crippen LogP contribution in [0, 0.1) is 11.8 Å². The van der Waals surface area contributed by atoms with Crippen LogP contribution in [0.25, 0.3) is 0 Å². The molecule has 2 rings (SSSR count). The summed E-state index contributed by atoms with van der Waals surface area (Å²) in [5, 5.41) is 2.71. The lowest BCUT2D eigenvalue weighted by atomic mass is 9.88. The molecule has 0 aromatic rings. The molecule has 2 fully saturated rings. The van der Waals surface area contributed by atoms with Gasteiger partial charge in [0.1, 0.15) is 6.61 Å². The Bertz CT molecular complexity index is 439. The largest absolute Gasteiger partial charge is 0.467 e. The SMILES string of the molecule is COC(=O)[C@H](COC(=O)C1CCCCC1)NC(=O)C1CCCCC1. The zero-order valence-electron chi connectivity index (χ0n) is 14.6. The van der Waals surface area contributed by atoms with Gasteiger partial charge in [-0.1, -0.05) is 38.5 Å². The summed E-state index contributed by atoms with van der Waals surface area (Å²) in [5.41, 5.74) is 0. The number of hydrogen-bond donors (Lipinski definition) is 1. The Morgan fingerprint density at radius 2 is 1.46 bits per heavy atom. The Balaban J connectivity index is 1.84. The maximum atomic E-state index is 12.3. The van der Waals surface area contributed by atoms with E-state index in [4.69, 9.17) is 9.47 Å². The molecule has 6 heteroatoms. The number of ether oxygens (including phenoxy) is 2. The van der Waals surface area contributed by atoms with E-state index in [0.717, 1.165) is 64.2 Å². The molecule has 0 radical (unpaired) electrons. The summed E-state index contributed by atoms with van der Waals surface area (Å²) >= 11 is 0. The molecule has 0 heterocycles. The maximum Gasteiger partial charge on any atom is 0.331 e. The lowest BCUT2D eigenvalue weighted by molar-refractivity contribution is -0.155. The average molecular weight is 339 g/mol. The zero-order valence-corrected chi connectivity index (χ0v) is 14.6. The Kier molecular flexibility index (Phi) is 7.53. The number of carbonyl (C=O) groups excluding carboxylic acids is 3. The highest BCUT2D eigenvalue weighted by molar-refractivity contribution is 5.86. The van der Waals surface area contributed by atoms with Crippen LogP contribution in [0.1, 0.15) is 64.2 Å².